The molecule has 22 heavy (non-hydrogen) atoms. The molecule has 0 aliphatic carbocycles. The van der Waals surface area contributed by atoms with E-state index in [9.17, 15) is 9.90 Å². The van der Waals surface area contributed by atoms with Crippen LogP contribution in [0.2, 0.25) is 0 Å². The number of amides is 1. The van der Waals surface area contributed by atoms with Crippen molar-refractivity contribution in [3.63, 3.8) is 0 Å². The van der Waals surface area contributed by atoms with Gasteiger partial charge >= 0.3 is 0 Å². The molecule has 0 fully saturated rings. The van der Waals surface area contributed by atoms with Crippen LogP contribution >= 0.6 is 0 Å². The molecular weight excluding hydrogens is 278 g/mol. The summed E-state index contributed by atoms with van der Waals surface area (Å²) in [5.41, 5.74) is 1.85. The Morgan fingerprint density at radius 2 is 2.09 bits per heavy atom. The van der Waals surface area contributed by atoms with Gasteiger partial charge in [-0.2, -0.15) is 0 Å². The maximum atomic E-state index is 12.1. The molecule has 1 heterocycles. The molecule has 0 saturated carbocycles. The Labute approximate surface area is 132 Å². The number of carbonyl (C=O) groups is 1. The number of nitrogens with one attached hydrogen (secondary N) is 1. The van der Waals surface area contributed by atoms with Crippen LogP contribution in [0.3, 0.4) is 0 Å². The van der Waals surface area contributed by atoms with Crippen LogP contribution < -0.4 is 10.1 Å². The molecule has 1 aromatic carbocycles. The van der Waals surface area contributed by atoms with Gasteiger partial charge in [-0.25, -0.2) is 0 Å². The number of aliphatic hydroxyl groups is 1. The van der Waals surface area contributed by atoms with E-state index in [1.807, 2.05) is 45.9 Å². The molecule has 4 nitrogen and oxygen atoms in total. The lowest BCUT2D eigenvalue weighted by Crippen LogP contribution is -2.32. The zero-order valence-corrected chi connectivity index (χ0v) is 13.9. The summed E-state index contributed by atoms with van der Waals surface area (Å²) < 4.78 is 5.68. The zero-order valence-electron chi connectivity index (χ0n) is 13.9. The molecule has 0 radical (unpaired) electrons. The first kappa shape index (κ1) is 16.8. The van der Waals surface area contributed by atoms with E-state index in [1.54, 1.807) is 0 Å². The van der Waals surface area contributed by atoms with Crippen LogP contribution in [0.15, 0.2) is 18.2 Å². The molecule has 2 N–H and O–H groups in total. The predicted molar refractivity (Wildman–Crippen MR) is 86.7 cm³/mol. The monoisotopic (exact) mass is 305 g/mol. The molecule has 0 bridgehead atoms. The molecule has 1 aliphatic rings. The van der Waals surface area contributed by atoms with Crippen LogP contribution in [-0.4, -0.2) is 17.6 Å². The molecule has 1 amide bonds. The van der Waals surface area contributed by atoms with Gasteiger partial charge < -0.3 is 15.2 Å². The van der Waals surface area contributed by atoms with E-state index in [0.29, 0.717) is 18.9 Å². The highest BCUT2D eigenvalue weighted by atomic mass is 16.5. The van der Waals surface area contributed by atoms with Crippen molar-refractivity contribution in [2.75, 3.05) is 6.61 Å². The fourth-order valence-electron chi connectivity index (χ4n) is 2.76. The van der Waals surface area contributed by atoms with Gasteiger partial charge in [-0.1, -0.05) is 33.8 Å². The molecule has 0 saturated heterocycles. The van der Waals surface area contributed by atoms with Crippen molar-refractivity contribution in [1.82, 2.24) is 5.32 Å². The topological polar surface area (TPSA) is 58.6 Å². The van der Waals surface area contributed by atoms with Gasteiger partial charge in [0.25, 0.3) is 0 Å². The highest BCUT2D eigenvalue weighted by molar-refractivity contribution is 5.76. The minimum Gasteiger partial charge on any atom is -0.493 e. The highest BCUT2D eigenvalue weighted by Crippen LogP contribution is 2.35. The second-order valence-corrected chi connectivity index (χ2v) is 6.84. The third-order valence-corrected chi connectivity index (χ3v) is 3.98. The summed E-state index contributed by atoms with van der Waals surface area (Å²) in [4.78, 5) is 12.1. The van der Waals surface area contributed by atoms with Gasteiger partial charge in [-0.15, -0.1) is 0 Å². The average Bonchev–Trinajstić information content (AvgIpc) is 2.45. The van der Waals surface area contributed by atoms with Crippen LogP contribution in [0.5, 0.6) is 5.75 Å². The summed E-state index contributed by atoms with van der Waals surface area (Å²) in [5.74, 6) is 1.37. The summed E-state index contributed by atoms with van der Waals surface area (Å²) in [6.07, 6.45) is 0.790. The minimum atomic E-state index is -0.501. The summed E-state index contributed by atoms with van der Waals surface area (Å²) >= 11 is 0. The molecule has 1 aliphatic heterocycles. The fraction of sp³-hybridized carbons (Fsp3) is 0.611. The van der Waals surface area contributed by atoms with E-state index in [-0.39, 0.29) is 17.9 Å². The average molecular weight is 305 g/mol. The Kier molecular flexibility index (Phi) is 5.46. The number of aliphatic hydroxyl groups excluding tert-OH is 1. The van der Waals surface area contributed by atoms with Crippen molar-refractivity contribution in [1.29, 1.82) is 0 Å². The second kappa shape index (κ2) is 7.14. The first-order valence-electron chi connectivity index (χ1n) is 8.12. The van der Waals surface area contributed by atoms with Gasteiger partial charge in [-0.3, -0.25) is 4.79 Å². The summed E-state index contributed by atoms with van der Waals surface area (Å²) in [7, 11) is 0. The van der Waals surface area contributed by atoms with Crippen molar-refractivity contribution in [3.05, 3.63) is 29.3 Å². The standard InChI is InChI=1S/C18H27NO3/c1-11(2)9-17(20)19-15-7-8-22-16-6-5-13(10-14(15)16)18(21)12(3)4/h5-6,10-12,15,18,21H,7-9H2,1-4H3,(H,19,20). The molecular formula is C18H27NO3. The first-order chi connectivity index (χ1) is 10.4. The van der Waals surface area contributed by atoms with Crippen LogP contribution in [-0.2, 0) is 4.79 Å². The van der Waals surface area contributed by atoms with Crippen molar-refractivity contribution >= 4 is 5.91 Å². The largest absolute Gasteiger partial charge is 0.493 e. The fourth-order valence-corrected chi connectivity index (χ4v) is 2.76. The van der Waals surface area contributed by atoms with Crippen LogP contribution in [0, 0.1) is 11.8 Å². The quantitative estimate of drug-likeness (QED) is 0.877. The number of rotatable bonds is 5. The zero-order chi connectivity index (χ0) is 16.3. The summed E-state index contributed by atoms with van der Waals surface area (Å²) in [6, 6.07) is 5.74. The van der Waals surface area contributed by atoms with Crippen LogP contribution in [0.25, 0.3) is 0 Å². The van der Waals surface area contributed by atoms with Crippen molar-refractivity contribution in [2.45, 2.75) is 52.7 Å². The highest BCUT2D eigenvalue weighted by Gasteiger charge is 2.25. The molecule has 2 rings (SSSR count). The van der Waals surface area contributed by atoms with E-state index in [0.717, 1.165) is 23.3 Å². The van der Waals surface area contributed by atoms with E-state index in [4.69, 9.17) is 4.74 Å². The summed E-state index contributed by atoms with van der Waals surface area (Å²) in [5, 5.41) is 13.4. The minimum absolute atomic E-state index is 0.0330. The van der Waals surface area contributed by atoms with Crippen molar-refractivity contribution in [2.24, 2.45) is 11.8 Å². The van der Waals surface area contributed by atoms with Crippen LogP contribution in [0.1, 0.15) is 63.8 Å². The molecule has 1 aromatic rings. The van der Waals surface area contributed by atoms with Crippen molar-refractivity contribution < 1.29 is 14.6 Å². The molecule has 4 heteroatoms. The van der Waals surface area contributed by atoms with E-state index < -0.39 is 6.10 Å². The van der Waals surface area contributed by atoms with Gasteiger partial charge in [0, 0.05) is 18.4 Å². The predicted octanol–water partition coefficient (Wildman–Crippen LogP) is 3.36. The van der Waals surface area contributed by atoms with Gasteiger partial charge in [0.15, 0.2) is 0 Å². The Bertz CT molecular complexity index is 525. The smallest absolute Gasteiger partial charge is 0.220 e. The number of hydrogen-bond donors (Lipinski definition) is 2. The molecule has 0 aromatic heterocycles. The number of ether oxygens (including phenoxy) is 1. The Hall–Kier alpha value is -1.55. The maximum Gasteiger partial charge on any atom is 0.220 e. The lowest BCUT2D eigenvalue weighted by atomic mass is 9.93. The molecule has 2 unspecified atom stereocenters. The van der Waals surface area contributed by atoms with E-state index in [1.165, 1.54) is 0 Å². The van der Waals surface area contributed by atoms with Crippen LogP contribution in [0.4, 0.5) is 0 Å². The first-order valence-corrected chi connectivity index (χ1v) is 8.12. The van der Waals surface area contributed by atoms with E-state index in [2.05, 4.69) is 5.32 Å². The lowest BCUT2D eigenvalue weighted by molar-refractivity contribution is -0.122. The Balaban J connectivity index is 2.20. The third kappa shape index (κ3) is 4.01. The number of fused-ring (bicyclic) bond motifs is 1. The normalized spacial score (nSPS) is 18.8. The Morgan fingerprint density at radius 1 is 1.36 bits per heavy atom. The number of carbonyl (C=O) groups excluding carboxylic acids is 1. The number of hydrogen-bond acceptors (Lipinski definition) is 3. The SMILES string of the molecule is CC(C)CC(=O)NC1CCOc2ccc(C(O)C(C)C)cc21. The van der Waals surface area contributed by atoms with Gasteiger partial charge in [0.1, 0.15) is 5.75 Å². The molecule has 0 spiro atoms. The lowest BCUT2D eigenvalue weighted by Gasteiger charge is -2.28. The maximum absolute atomic E-state index is 12.1. The molecule has 122 valence electrons. The number of benzene rings is 1. The van der Waals surface area contributed by atoms with Gasteiger partial charge in [0.05, 0.1) is 18.8 Å². The van der Waals surface area contributed by atoms with Gasteiger partial charge in [-0.05, 0) is 29.5 Å². The third-order valence-electron chi connectivity index (χ3n) is 3.98. The second-order valence-electron chi connectivity index (χ2n) is 6.84. The van der Waals surface area contributed by atoms with E-state index >= 15 is 0 Å². The molecule has 2 atom stereocenters. The summed E-state index contributed by atoms with van der Waals surface area (Å²) in [6.45, 7) is 8.65. The van der Waals surface area contributed by atoms with Gasteiger partial charge in [0.2, 0.25) is 5.91 Å². The Morgan fingerprint density at radius 3 is 2.73 bits per heavy atom. The van der Waals surface area contributed by atoms with Crippen molar-refractivity contribution in [3.8, 4) is 5.75 Å².